The van der Waals surface area contributed by atoms with E-state index in [0.29, 0.717) is 48.7 Å². The van der Waals surface area contributed by atoms with Gasteiger partial charge in [0.2, 0.25) is 0 Å². The van der Waals surface area contributed by atoms with Crippen molar-refractivity contribution in [2.45, 2.75) is 46.7 Å². The van der Waals surface area contributed by atoms with Gasteiger partial charge in [-0.05, 0) is 68.1 Å². The lowest BCUT2D eigenvalue weighted by Crippen LogP contribution is -2.42. The van der Waals surface area contributed by atoms with Gasteiger partial charge in [0, 0.05) is 31.9 Å². The van der Waals surface area contributed by atoms with Crippen molar-refractivity contribution in [1.29, 1.82) is 0 Å². The van der Waals surface area contributed by atoms with Crippen LogP contribution in [0.25, 0.3) is 11.1 Å². The Morgan fingerprint density at radius 2 is 1.64 bits per heavy atom. The molecule has 1 aromatic heterocycles. The van der Waals surface area contributed by atoms with Crippen LogP contribution in [0.5, 0.6) is 0 Å². The molecule has 7 nitrogen and oxygen atoms in total. The largest absolute Gasteiger partial charge is 0.378 e. The molecule has 1 amide bonds. The molecule has 0 aliphatic carbocycles. The third-order valence-electron chi connectivity index (χ3n) is 7.61. The van der Waals surface area contributed by atoms with Gasteiger partial charge in [-0.1, -0.05) is 74.0 Å². The second-order valence-corrected chi connectivity index (χ2v) is 11.4. The van der Waals surface area contributed by atoms with E-state index in [2.05, 4.69) is 13.8 Å². The third-order valence-corrected chi connectivity index (χ3v) is 7.61. The molecule has 0 aliphatic rings. The summed E-state index contributed by atoms with van der Waals surface area (Å²) in [5.74, 6) is 0.470. The van der Waals surface area contributed by atoms with Crippen LogP contribution in [0.3, 0.4) is 0 Å². The number of hydrogen-bond acceptors (Lipinski definition) is 5. The minimum atomic E-state index is -0.442. The Kier molecular flexibility index (Phi) is 9.96. The third kappa shape index (κ3) is 6.80. The van der Waals surface area contributed by atoms with Crippen molar-refractivity contribution in [3.05, 3.63) is 117 Å². The van der Waals surface area contributed by atoms with E-state index >= 15 is 0 Å². The molecule has 7 heteroatoms. The summed E-state index contributed by atoms with van der Waals surface area (Å²) in [6.45, 7) is 9.29. The van der Waals surface area contributed by atoms with Gasteiger partial charge in [-0.2, -0.15) is 0 Å². The number of carbonyl (C=O) groups is 1. The Labute approximate surface area is 249 Å². The maximum atomic E-state index is 14.5. The average molecular weight is 566 g/mol. The Morgan fingerprint density at radius 3 is 2.26 bits per heavy atom. The van der Waals surface area contributed by atoms with Crippen molar-refractivity contribution in [3.8, 4) is 11.1 Å². The number of amides is 1. The van der Waals surface area contributed by atoms with Crippen LogP contribution < -0.4 is 16.2 Å². The maximum absolute atomic E-state index is 14.5. The van der Waals surface area contributed by atoms with Crippen molar-refractivity contribution in [2.75, 3.05) is 32.1 Å². The molecule has 42 heavy (non-hydrogen) atoms. The fourth-order valence-electron chi connectivity index (χ4n) is 5.39. The normalized spacial score (nSPS) is 11.9. The first kappa shape index (κ1) is 30.7. The van der Waals surface area contributed by atoms with Crippen LogP contribution in [0.15, 0.2) is 83.7 Å². The number of hydrogen-bond donors (Lipinski definition) is 1. The lowest BCUT2D eigenvalue weighted by Gasteiger charge is -2.36. The van der Waals surface area contributed by atoms with Gasteiger partial charge in [-0.15, -0.1) is 0 Å². The van der Waals surface area contributed by atoms with Gasteiger partial charge < -0.3 is 15.5 Å². The summed E-state index contributed by atoms with van der Waals surface area (Å²) >= 11 is 0. The minimum Gasteiger partial charge on any atom is -0.378 e. The summed E-state index contributed by atoms with van der Waals surface area (Å²) in [5, 5.41) is 0. The number of aryl methyl sites for hydroxylation is 2. The summed E-state index contributed by atoms with van der Waals surface area (Å²) in [5.41, 5.74) is 11.5. The number of carbonyl (C=O) groups excluding carboxylic acids is 1. The SMILES string of the molecule is Cc1ccc(C(=O)N(CCCN)C(c2nc(C)c(-c3cccc(N(C)C)c3)c(=O)n2Cc2ccccc2)C(C)C)cc1. The molecule has 0 aliphatic heterocycles. The van der Waals surface area contributed by atoms with E-state index in [-0.39, 0.29) is 17.4 Å². The number of nitrogens with two attached hydrogens (primary N) is 1. The molecule has 0 fully saturated rings. The van der Waals surface area contributed by atoms with E-state index in [4.69, 9.17) is 10.7 Å². The minimum absolute atomic E-state index is 0.0200. The molecule has 4 rings (SSSR count). The van der Waals surface area contributed by atoms with Crippen LogP contribution >= 0.6 is 0 Å². The molecule has 1 heterocycles. The molecule has 2 N–H and O–H groups in total. The molecule has 0 saturated heterocycles. The lowest BCUT2D eigenvalue weighted by molar-refractivity contribution is 0.0602. The number of benzene rings is 3. The highest BCUT2D eigenvalue weighted by atomic mass is 16.2. The van der Waals surface area contributed by atoms with Crippen LogP contribution in [-0.2, 0) is 6.54 Å². The Bertz CT molecular complexity index is 1560. The number of rotatable bonds is 11. The molecule has 0 radical (unpaired) electrons. The number of nitrogens with zero attached hydrogens (tertiary/aromatic N) is 4. The van der Waals surface area contributed by atoms with Crippen molar-refractivity contribution in [3.63, 3.8) is 0 Å². The first-order valence-electron chi connectivity index (χ1n) is 14.6. The van der Waals surface area contributed by atoms with E-state index in [9.17, 15) is 9.59 Å². The number of aromatic nitrogens is 2. The maximum Gasteiger partial charge on any atom is 0.262 e. The monoisotopic (exact) mass is 565 g/mol. The highest BCUT2D eigenvalue weighted by Crippen LogP contribution is 2.32. The molecule has 0 bridgehead atoms. The fourth-order valence-corrected chi connectivity index (χ4v) is 5.39. The molecule has 3 aromatic carbocycles. The van der Waals surface area contributed by atoms with E-state index in [0.717, 1.165) is 22.4 Å². The smallest absolute Gasteiger partial charge is 0.262 e. The van der Waals surface area contributed by atoms with Gasteiger partial charge in [-0.3, -0.25) is 14.2 Å². The Balaban J connectivity index is 1.95. The van der Waals surface area contributed by atoms with Crippen molar-refractivity contribution in [2.24, 2.45) is 11.7 Å². The topological polar surface area (TPSA) is 84.5 Å². The summed E-state index contributed by atoms with van der Waals surface area (Å²) in [4.78, 5) is 37.6. The van der Waals surface area contributed by atoms with Gasteiger partial charge in [0.05, 0.1) is 23.8 Å². The van der Waals surface area contributed by atoms with Gasteiger partial charge in [0.25, 0.3) is 11.5 Å². The van der Waals surface area contributed by atoms with E-state index in [1.54, 1.807) is 4.57 Å². The predicted molar refractivity (Wildman–Crippen MR) is 172 cm³/mol. The predicted octanol–water partition coefficient (Wildman–Crippen LogP) is 5.83. The molecule has 0 saturated carbocycles. The lowest BCUT2D eigenvalue weighted by atomic mass is 9.97. The molecule has 1 atom stereocenters. The molecular formula is C35H43N5O2. The highest BCUT2D eigenvalue weighted by Gasteiger charge is 2.33. The summed E-state index contributed by atoms with van der Waals surface area (Å²) in [6, 6.07) is 25.1. The Hall–Kier alpha value is -4.23. The molecule has 1 unspecified atom stereocenters. The zero-order valence-electron chi connectivity index (χ0n) is 25.7. The molecular weight excluding hydrogens is 522 g/mol. The van der Waals surface area contributed by atoms with Crippen LogP contribution in [0.2, 0.25) is 0 Å². The van der Waals surface area contributed by atoms with Gasteiger partial charge >= 0.3 is 0 Å². The second-order valence-electron chi connectivity index (χ2n) is 11.4. The fraction of sp³-hybridized carbons (Fsp3) is 0.343. The second kappa shape index (κ2) is 13.6. The van der Waals surface area contributed by atoms with Crippen LogP contribution in [-0.4, -0.2) is 47.5 Å². The zero-order chi connectivity index (χ0) is 30.4. The van der Waals surface area contributed by atoms with Crippen LogP contribution in [0.4, 0.5) is 5.69 Å². The average Bonchev–Trinajstić information content (AvgIpc) is 2.97. The van der Waals surface area contributed by atoms with E-state index in [1.807, 2.05) is 117 Å². The van der Waals surface area contributed by atoms with Crippen molar-refractivity contribution < 1.29 is 4.79 Å². The molecule has 4 aromatic rings. The van der Waals surface area contributed by atoms with Gasteiger partial charge in [0.15, 0.2) is 0 Å². The van der Waals surface area contributed by atoms with Gasteiger partial charge in [0.1, 0.15) is 5.82 Å². The molecule has 0 spiro atoms. The quantitative estimate of drug-likeness (QED) is 0.247. The first-order valence-corrected chi connectivity index (χ1v) is 14.6. The van der Waals surface area contributed by atoms with Gasteiger partial charge in [-0.25, -0.2) is 4.98 Å². The number of anilines is 1. The van der Waals surface area contributed by atoms with Crippen molar-refractivity contribution in [1.82, 2.24) is 14.5 Å². The van der Waals surface area contributed by atoms with E-state index < -0.39 is 6.04 Å². The summed E-state index contributed by atoms with van der Waals surface area (Å²) < 4.78 is 1.77. The zero-order valence-corrected chi connectivity index (χ0v) is 25.7. The Morgan fingerprint density at radius 1 is 0.952 bits per heavy atom. The van der Waals surface area contributed by atoms with E-state index in [1.165, 1.54) is 0 Å². The summed E-state index contributed by atoms with van der Waals surface area (Å²) in [7, 11) is 3.96. The molecule has 220 valence electrons. The van der Waals surface area contributed by atoms with Crippen LogP contribution in [0, 0.1) is 19.8 Å². The first-order chi connectivity index (χ1) is 20.1. The van der Waals surface area contributed by atoms with Crippen LogP contribution in [0.1, 0.15) is 59.3 Å². The standard InChI is InChI=1S/C35H43N5O2/c1-24(2)32(39(21-11-20-36)34(41)28-18-16-25(3)17-19-28)33-37-26(4)31(29-14-10-15-30(22-29)38(5)6)35(42)40(33)23-27-12-8-7-9-13-27/h7-10,12-19,22,24,32H,11,20-21,23,36H2,1-6H3. The van der Waals surface area contributed by atoms with Crippen molar-refractivity contribution >= 4 is 11.6 Å². The summed E-state index contributed by atoms with van der Waals surface area (Å²) in [6.07, 6.45) is 0.637. The highest BCUT2D eigenvalue weighted by molar-refractivity contribution is 5.94.